The van der Waals surface area contributed by atoms with Crippen LogP contribution in [0.1, 0.15) is 6.92 Å². The van der Waals surface area contributed by atoms with Crippen LogP contribution in [0.5, 0.6) is 5.75 Å². The maximum atomic E-state index is 11.1. The number of hydrogen-bond donors (Lipinski definition) is 0. The molecule has 0 aliphatic rings. The number of para-hydroxylation sites is 2. The van der Waals surface area contributed by atoms with Crippen LogP contribution < -0.4 is 4.74 Å². The molecular formula is C10H9NO4. The van der Waals surface area contributed by atoms with Crippen molar-refractivity contribution in [1.29, 1.82) is 0 Å². The average molecular weight is 207 g/mol. The first kappa shape index (κ1) is 10.9. The van der Waals surface area contributed by atoms with E-state index in [4.69, 9.17) is 4.74 Å². The van der Waals surface area contributed by atoms with Gasteiger partial charge < -0.3 is 4.74 Å². The molecule has 0 aliphatic carbocycles. The molecule has 5 heteroatoms. The minimum atomic E-state index is -0.677. The van der Waals surface area contributed by atoms with E-state index in [2.05, 4.69) is 6.58 Å². The SMILES string of the molecule is C=C(C)C(=O)Oc1ccccc1[N+](=O)[O-]. The van der Waals surface area contributed by atoms with Crippen molar-refractivity contribution in [3.63, 3.8) is 0 Å². The molecule has 0 radical (unpaired) electrons. The fourth-order valence-electron chi connectivity index (χ4n) is 0.881. The molecule has 0 fully saturated rings. The number of carbonyl (C=O) groups is 1. The maximum absolute atomic E-state index is 11.1. The normalized spacial score (nSPS) is 9.40. The number of rotatable bonds is 3. The van der Waals surface area contributed by atoms with E-state index in [1.54, 1.807) is 6.07 Å². The van der Waals surface area contributed by atoms with Crippen LogP contribution in [-0.4, -0.2) is 10.9 Å². The highest BCUT2D eigenvalue weighted by Crippen LogP contribution is 2.26. The van der Waals surface area contributed by atoms with Crippen LogP contribution in [-0.2, 0) is 4.79 Å². The lowest BCUT2D eigenvalue weighted by molar-refractivity contribution is -0.385. The van der Waals surface area contributed by atoms with E-state index in [0.717, 1.165) is 0 Å². The molecule has 0 amide bonds. The van der Waals surface area contributed by atoms with Gasteiger partial charge in [0.25, 0.3) is 0 Å². The Hall–Kier alpha value is -2.17. The molecule has 1 rings (SSSR count). The maximum Gasteiger partial charge on any atom is 0.338 e. The molecule has 0 spiro atoms. The molecule has 0 saturated heterocycles. The summed E-state index contributed by atoms with van der Waals surface area (Å²) in [4.78, 5) is 21.1. The third-order valence-corrected chi connectivity index (χ3v) is 1.61. The van der Waals surface area contributed by atoms with Crippen molar-refractivity contribution in [3.05, 3.63) is 46.5 Å². The fourth-order valence-corrected chi connectivity index (χ4v) is 0.881. The fraction of sp³-hybridized carbons (Fsp3) is 0.100. The first-order valence-corrected chi connectivity index (χ1v) is 4.13. The van der Waals surface area contributed by atoms with Crippen molar-refractivity contribution in [3.8, 4) is 5.75 Å². The Kier molecular flexibility index (Phi) is 3.17. The topological polar surface area (TPSA) is 69.4 Å². The van der Waals surface area contributed by atoms with Crippen LogP contribution in [0.4, 0.5) is 5.69 Å². The highest BCUT2D eigenvalue weighted by atomic mass is 16.6. The van der Waals surface area contributed by atoms with Crippen molar-refractivity contribution < 1.29 is 14.5 Å². The van der Waals surface area contributed by atoms with Crippen LogP contribution in [0, 0.1) is 10.1 Å². The third-order valence-electron chi connectivity index (χ3n) is 1.61. The van der Waals surface area contributed by atoms with Crippen molar-refractivity contribution >= 4 is 11.7 Å². The van der Waals surface area contributed by atoms with Crippen molar-refractivity contribution in [2.24, 2.45) is 0 Å². The van der Waals surface area contributed by atoms with E-state index in [-0.39, 0.29) is 17.0 Å². The van der Waals surface area contributed by atoms with Crippen molar-refractivity contribution in [2.75, 3.05) is 0 Å². The summed E-state index contributed by atoms with van der Waals surface area (Å²) in [6, 6.07) is 5.67. The van der Waals surface area contributed by atoms with Gasteiger partial charge in [0.2, 0.25) is 5.75 Å². The quantitative estimate of drug-likeness (QED) is 0.250. The predicted octanol–water partition coefficient (Wildman–Crippen LogP) is 2.08. The lowest BCUT2D eigenvalue weighted by Crippen LogP contribution is -2.09. The van der Waals surface area contributed by atoms with E-state index in [1.807, 2.05) is 0 Å². The van der Waals surface area contributed by atoms with Crippen LogP contribution in [0.2, 0.25) is 0 Å². The van der Waals surface area contributed by atoms with Gasteiger partial charge in [-0.3, -0.25) is 10.1 Å². The van der Waals surface area contributed by atoms with Gasteiger partial charge in [-0.05, 0) is 13.0 Å². The van der Waals surface area contributed by atoms with Crippen LogP contribution in [0.3, 0.4) is 0 Å². The Bertz CT molecular complexity index is 425. The zero-order valence-electron chi connectivity index (χ0n) is 8.10. The number of benzene rings is 1. The summed E-state index contributed by atoms with van der Waals surface area (Å²) < 4.78 is 4.79. The van der Waals surface area contributed by atoms with Crippen LogP contribution in [0.25, 0.3) is 0 Å². The molecule has 0 atom stereocenters. The second-order valence-electron chi connectivity index (χ2n) is 2.89. The van der Waals surface area contributed by atoms with Gasteiger partial charge in [0.05, 0.1) is 4.92 Å². The number of nitro groups is 1. The van der Waals surface area contributed by atoms with Gasteiger partial charge in [0.15, 0.2) is 0 Å². The predicted molar refractivity (Wildman–Crippen MR) is 53.5 cm³/mol. The molecule has 0 aliphatic heterocycles. The van der Waals surface area contributed by atoms with Crippen molar-refractivity contribution in [2.45, 2.75) is 6.92 Å². The lowest BCUT2D eigenvalue weighted by atomic mass is 10.3. The molecule has 0 bridgehead atoms. The number of esters is 1. The molecule has 5 nitrogen and oxygen atoms in total. The van der Waals surface area contributed by atoms with Gasteiger partial charge in [-0.2, -0.15) is 0 Å². The van der Waals surface area contributed by atoms with Gasteiger partial charge in [-0.15, -0.1) is 0 Å². The van der Waals surface area contributed by atoms with Crippen molar-refractivity contribution in [1.82, 2.24) is 0 Å². The molecule has 0 N–H and O–H groups in total. The zero-order chi connectivity index (χ0) is 11.4. The molecule has 0 heterocycles. The molecule has 0 saturated carbocycles. The van der Waals surface area contributed by atoms with Crippen LogP contribution >= 0.6 is 0 Å². The molecule has 78 valence electrons. The smallest absolute Gasteiger partial charge is 0.338 e. The highest BCUT2D eigenvalue weighted by Gasteiger charge is 2.16. The highest BCUT2D eigenvalue weighted by molar-refractivity contribution is 5.89. The molecular weight excluding hydrogens is 198 g/mol. The zero-order valence-corrected chi connectivity index (χ0v) is 8.10. The first-order valence-electron chi connectivity index (χ1n) is 4.13. The Labute approximate surface area is 86.1 Å². The number of nitrogens with zero attached hydrogens (tertiary/aromatic N) is 1. The summed E-state index contributed by atoms with van der Waals surface area (Å²) in [6.45, 7) is 4.85. The second kappa shape index (κ2) is 4.36. The van der Waals surface area contributed by atoms with E-state index < -0.39 is 10.9 Å². The standard InChI is InChI=1S/C10H9NO4/c1-7(2)10(12)15-9-6-4-3-5-8(9)11(13)14/h3-6H,1H2,2H3. The minimum absolute atomic E-state index is 0.0736. The van der Waals surface area contributed by atoms with E-state index in [0.29, 0.717) is 0 Å². The second-order valence-corrected chi connectivity index (χ2v) is 2.89. The summed E-state index contributed by atoms with van der Waals surface area (Å²) in [5.41, 5.74) is -0.0553. The van der Waals surface area contributed by atoms with Crippen LogP contribution in [0.15, 0.2) is 36.4 Å². The number of carbonyl (C=O) groups excluding carboxylic acids is 1. The number of hydrogen-bond acceptors (Lipinski definition) is 4. The van der Waals surface area contributed by atoms with E-state index >= 15 is 0 Å². The Morgan fingerprint density at radius 2 is 2.07 bits per heavy atom. The average Bonchev–Trinajstić information content (AvgIpc) is 2.18. The molecule has 0 unspecified atom stereocenters. The van der Waals surface area contributed by atoms with Gasteiger partial charge in [0, 0.05) is 11.6 Å². The molecule has 15 heavy (non-hydrogen) atoms. The number of ether oxygens (including phenoxy) is 1. The molecule has 1 aromatic carbocycles. The summed E-state index contributed by atoms with van der Waals surface area (Å²) in [5.74, 6) is -0.750. The molecule has 0 aromatic heterocycles. The first-order chi connectivity index (χ1) is 7.02. The number of nitro benzene ring substituents is 1. The summed E-state index contributed by atoms with van der Waals surface area (Å²) in [6.07, 6.45) is 0. The summed E-state index contributed by atoms with van der Waals surface area (Å²) in [5, 5.41) is 10.6. The third kappa shape index (κ3) is 2.63. The van der Waals surface area contributed by atoms with Gasteiger partial charge >= 0.3 is 11.7 Å². The molecule has 1 aromatic rings. The lowest BCUT2D eigenvalue weighted by Gasteiger charge is -2.03. The monoisotopic (exact) mass is 207 g/mol. The van der Waals surface area contributed by atoms with Gasteiger partial charge in [-0.25, -0.2) is 4.79 Å². The Morgan fingerprint density at radius 3 is 2.60 bits per heavy atom. The van der Waals surface area contributed by atoms with E-state index in [1.165, 1.54) is 25.1 Å². The van der Waals surface area contributed by atoms with E-state index in [9.17, 15) is 14.9 Å². The largest absolute Gasteiger partial charge is 0.416 e. The van der Waals surface area contributed by atoms with Gasteiger partial charge in [-0.1, -0.05) is 18.7 Å². The Morgan fingerprint density at radius 1 is 1.47 bits per heavy atom. The van der Waals surface area contributed by atoms with Gasteiger partial charge in [0.1, 0.15) is 0 Å². The Balaban J connectivity index is 2.99. The summed E-state index contributed by atoms with van der Waals surface area (Å²) >= 11 is 0. The summed E-state index contributed by atoms with van der Waals surface area (Å²) in [7, 11) is 0. The minimum Gasteiger partial charge on any atom is -0.416 e.